The Morgan fingerprint density at radius 1 is 0.511 bits per heavy atom. The normalized spacial score (nSPS) is 13.0. The van der Waals surface area contributed by atoms with Gasteiger partial charge in [0, 0.05) is 22.8 Å². The van der Waals surface area contributed by atoms with Crippen molar-refractivity contribution in [3.63, 3.8) is 0 Å². The quantitative estimate of drug-likeness (QED) is 0.0702. The van der Waals surface area contributed by atoms with Gasteiger partial charge in [0.15, 0.2) is 0 Å². The van der Waals surface area contributed by atoms with Gasteiger partial charge in [-0.05, 0) is 97.9 Å². The molecule has 0 amide bonds. The van der Waals surface area contributed by atoms with E-state index >= 15 is 0 Å². The fourth-order valence-electron chi connectivity index (χ4n) is 6.17. The van der Waals surface area contributed by atoms with Crippen LogP contribution in [-0.4, -0.2) is 4.70 Å². The minimum absolute atomic E-state index is 0.942. The molecule has 0 saturated carbocycles. The molecule has 3 rings (SSSR count). The molecule has 2 aromatic carbocycles. The topological polar surface area (TPSA) is 25.3 Å². The maximum absolute atomic E-state index is 11.8. The van der Waals surface area contributed by atoms with Gasteiger partial charge in [-0.25, -0.2) is 4.70 Å². The van der Waals surface area contributed by atoms with Crippen LogP contribution in [0.1, 0.15) is 165 Å². The van der Waals surface area contributed by atoms with Gasteiger partial charge in [0.1, 0.15) is 0 Å². The summed E-state index contributed by atoms with van der Waals surface area (Å²) < 4.78 is 1.53. The monoisotopic (exact) mass is 704 g/mol. The van der Waals surface area contributed by atoms with Crippen molar-refractivity contribution in [1.29, 1.82) is 0 Å². The zero-order valence-electron chi connectivity index (χ0n) is 30.2. The fourth-order valence-corrected chi connectivity index (χ4v) is 6.95. The van der Waals surface area contributed by atoms with Gasteiger partial charge in [0.2, 0.25) is 11.4 Å². The first-order valence-electron chi connectivity index (χ1n) is 18.6. The SMILES string of the molecule is CCCCCCCCC1=C(c2cc(CC)cc(CCCCC)c2)[N+](=[N-])C(c2cc(CC)cc(CCCCC)c2)=C1.C[CH2][Pd][CH2]C. The van der Waals surface area contributed by atoms with E-state index in [0.717, 1.165) is 67.0 Å². The summed E-state index contributed by atoms with van der Waals surface area (Å²) in [6, 6.07) is 14.0. The molecule has 0 unspecified atom stereocenters. The summed E-state index contributed by atoms with van der Waals surface area (Å²) in [4.78, 5) is 2.79. The van der Waals surface area contributed by atoms with Crippen LogP contribution in [-0.2, 0) is 43.7 Å². The Hall–Kier alpha value is -1.82. The van der Waals surface area contributed by atoms with Crippen molar-refractivity contribution in [1.82, 2.24) is 0 Å². The summed E-state index contributed by atoms with van der Waals surface area (Å²) in [6.45, 7) is 15.8. The number of nitrogens with zero attached hydrogens (tertiary/aromatic N) is 2. The van der Waals surface area contributed by atoms with E-state index in [1.165, 1.54) is 125 Å². The number of benzene rings is 2. The predicted octanol–water partition coefficient (Wildman–Crippen LogP) is 13.8. The van der Waals surface area contributed by atoms with Crippen LogP contribution in [0.5, 0.6) is 0 Å². The third-order valence-electron chi connectivity index (χ3n) is 8.80. The van der Waals surface area contributed by atoms with Crippen molar-refractivity contribution in [3.8, 4) is 0 Å². The fraction of sp³-hybridized carbons (Fsp3) is 0.619. The first kappa shape index (κ1) is 39.4. The zero-order chi connectivity index (χ0) is 32.9. The molecule has 0 saturated heterocycles. The van der Waals surface area contributed by atoms with E-state index in [1.54, 1.807) is 0 Å². The molecule has 2 nitrogen and oxygen atoms in total. The number of hydrogen-bond acceptors (Lipinski definition) is 0. The van der Waals surface area contributed by atoms with Gasteiger partial charge in [-0.1, -0.05) is 105 Å². The van der Waals surface area contributed by atoms with Crippen LogP contribution in [0.2, 0.25) is 9.79 Å². The summed E-state index contributed by atoms with van der Waals surface area (Å²) >= 11 is 1.04. The van der Waals surface area contributed by atoms with E-state index in [4.69, 9.17) is 0 Å². The molecule has 1 aliphatic heterocycles. The standard InChI is InChI=1S/C38H56N2.2C2H5.Pd/c1-6-11-14-15-16-19-22-34-29-37(35-25-30(9-4)23-32(27-35)20-17-12-7-2)40(39)38(34)36-26-31(10-5)24-33(28-36)21-18-13-8-3;2*1-2;/h23-29H,6-22H2,1-5H3;2*1H2,2H3;. The molecule has 2 aromatic rings. The first-order chi connectivity index (χ1) is 22.0. The van der Waals surface area contributed by atoms with Crippen LogP contribution in [0.4, 0.5) is 0 Å². The maximum atomic E-state index is 11.8. The van der Waals surface area contributed by atoms with Gasteiger partial charge >= 0.3 is 41.6 Å². The second kappa shape index (κ2) is 23.5. The summed E-state index contributed by atoms with van der Waals surface area (Å²) in [5.41, 5.74) is 22.9. The van der Waals surface area contributed by atoms with E-state index in [9.17, 15) is 5.53 Å². The van der Waals surface area contributed by atoms with E-state index in [2.05, 4.69) is 90.9 Å². The molecular weight excluding hydrogens is 639 g/mol. The van der Waals surface area contributed by atoms with E-state index < -0.39 is 0 Å². The molecule has 0 spiro atoms. The number of aryl methyl sites for hydroxylation is 4. The number of rotatable bonds is 21. The van der Waals surface area contributed by atoms with Crippen molar-refractivity contribution in [3.05, 3.63) is 87.0 Å². The molecule has 1 heterocycles. The molecule has 3 heteroatoms. The first-order valence-corrected chi connectivity index (χ1v) is 20.8. The average Bonchev–Trinajstić information content (AvgIpc) is 3.38. The van der Waals surface area contributed by atoms with Crippen molar-refractivity contribution in [2.45, 2.75) is 167 Å². The second-order valence-electron chi connectivity index (χ2n) is 12.5. The van der Waals surface area contributed by atoms with Crippen LogP contribution < -0.4 is 0 Å². The molecule has 0 atom stereocenters. The predicted molar refractivity (Wildman–Crippen MR) is 196 cm³/mol. The molecule has 1 aliphatic rings. The van der Waals surface area contributed by atoms with Crippen molar-refractivity contribution in [2.24, 2.45) is 0 Å². The van der Waals surface area contributed by atoms with Crippen LogP contribution >= 0.6 is 0 Å². The Morgan fingerprint density at radius 3 is 1.47 bits per heavy atom. The van der Waals surface area contributed by atoms with Crippen molar-refractivity contribution in [2.75, 3.05) is 0 Å². The van der Waals surface area contributed by atoms with Crippen LogP contribution in [0, 0.1) is 0 Å². The minimum atomic E-state index is 0.942. The van der Waals surface area contributed by atoms with Gasteiger partial charge < -0.3 is 5.53 Å². The van der Waals surface area contributed by atoms with Gasteiger partial charge in [-0.15, -0.1) is 0 Å². The number of hydrogen-bond donors (Lipinski definition) is 0. The number of unbranched alkanes of at least 4 members (excludes halogenated alkanes) is 9. The molecule has 0 fully saturated rings. The Kier molecular flexibility index (Phi) is 20.5. The summed E-state index contributed by atoms with van der Waals surface area (Å²) in [5.74, 6) is 0. The summed E-state index contributed by atoms with van der Waals surface area (Å²) in [6.07, 6.45) is 22.7. The third kappa shape index (κ3) is 13.8. The van der Waals surface area contributed by atoms with Crippen LogP contribution in [0.15, 0.2) is 48.0 Å². The van der Waals surface area contributed by atoms with E-state index in [-0.39, 0.29) is 0 Å². The molecule has 0 N–H and O–H groups in total. The Bertz CT molecular complexity index is 1200. The molecule has 0 bridgehead atoms. The molecule has 0 aliphatic carbocycles. The van der Waals surface area contributed by atoms with Crippen LogP contribution in [0.25, 0.3) is 16.9 Å². The summed E-state index contributed by atoms with van der Waals surface area (Å²) in [7, 11) is 0. The summed E-state index contributed by atoms with van der Waals surface area (Å²) in [5, 5.41) is 0. The molecule has 0 aromatic heterocycles. The molecule has 0 radical (unpaired) electrons. The Labute approximate surface area is 287 Å². The Morgan fingerprint density at radius 2 is 0.956 bits per heavy atom. The van der Waals surface area contributed by atoms with E-state index in [0.29, 0.717) is 0 Å². The van der Waals surface area contributed by atoms with Gasteiger partial charge in [-0.3, -0.25) is 0 Å². The van der Waals surface area contributed by atoms with Gasteiger partial charge in [0.25, 0.3) is 0 Å². The number of allylic oxidation sites excluding steroid dienone is 2. The average molecular weight is 705 g/mol. The molecule has 45 heavy (non-hydrogen) atoms. The van der Waals surface area contributed by atoms with Gasteiger partial charge in [0.05, 0.1) is 0 Å². The van der Waals surface area contributed by atoms with Crippen molar-refractivity contribution < 1.29 is 22.7 Å². The van der Waals surface area contributed by atoms with E-state index in [1.807, 2.05) is 0 Å². The third-order valence-corrected chi connectivity index (χ3v) is 10.4. The second-order valence-corrected chi connectivity index (χ2v) is 15.5. The van der Waals surface area contributed by atoms with Crippen LogP contribution in [0.3, 0.4) is 0 Å². The molecular formula is C42H66N2Pd. The molecule has 254 valence electrons. The Balaban J connectivity index is 0.00000130. The zero-order valence-corrected chi connectivity index (χ0v) is 31.7. The van der Waals surface area contributed by atoms with Gasteiger partial charge in [-0.2, -0.15) is 0 Å². The van der Waals surface area contributed by atoms with Crippen molar-refractivity contribution >= 4 is 11.4 Å².